The van der Waals surface area contributed by atoms with Crippen LogP contribution in [-0.4, -0.2) is 38.5 Å². The third-order valence-corrected chi connectivity index (χ3v) is 8.04. The summed E-state index contributed by atoms with van der Waals surface area (Å²) in [4.78, 5) is 1.80. The third kappa shape index (κ3) is 6.74. The molecule has 2 N–H and O–H groups in total. The Balaban J connectivity index is 0.000000196. The van der Waals surface area contributed by atoms with Crippen LogP contribution in [0.2, 0.25) is 0 Å². The van der Waals surface area contributed by atoms with Gasteiger partial charge in [0.2, 0.25) is 10.0 Å². The summed E-state index contributed by atoms with van der Waals surface area (Å²) in [6.45, 7) is 0. The average Bonchev–Trinajstić information content (AvgIpc) is 3.03. The Kier molecular flexibility index (Phi) is 8.46. The molecule has 2 fully saturated rings. The van der Waals surface area contributed by atoms with Crippen LogP contribution in [-0.2, 0) is 14.8 Å². The van der Waals surface area contributed by atoms with Crippen molar-refractivity contribution >= 4 is 10.0 Å². The quantitative estimate of drug-likeness (QED) is 0.409. The molecule has 6 nitrogen and oxygen atoms in total. The van der Waals surface area contributed by atoms with Crippen molar-refractivity contribution in [2.45, 2.75) is 61.2 Å². The smallest absolute Gasteiger partial charge is 0.404 e. The summed E-state index contributed by atoms with van der Waals surface area (Å²) < 4.78 is 67.7. The van der Waals surface area contributed by atoms with Crippen LogP contribution in [0.3, 0.4) is 0 Å². The van der Waals surface area contributed by atoms with Gasteiger partial charge < -0.3 is 9.47 Å². The fraction of sp³-hybridized carbons (Fsp3) is 0.357. The number of piperidine rings is 1. The number of benzene rings is 3. The SMILES string of the molecule is CN1[C@@H]2CCC[C@@]1(OC(c1ccccc1)c1ccccc1)CC2.NS(=O)(=O)c1ccccc1OC(F)(F)F. The lowest BCUT2D eigenvalue weighted by Crippen LogP contribution is -2.50. The van der Waals surface area contributed by atoms with E-state index in [2.05, 4.69) is 77.3 Å². The molecule has 0 amide bonds. The highest BCUT2D eigenvalue weighted by Gasteiger charge is 2.49. The lowest BCUT2D eigenvalue weighted by Gasteiger charge is -2.44. The Morgan fingerprint density at radius 2 is 1.45 bits per heavy atom. The monoisotopic (exact) mass is 548 g/mol. The van der Waals surface area contributed by atoms with E-state index in [1.807, 2.05) is 0 Å². The highest BCUT2D eigenvalue weighted by Crippen LogP contribution is 2.47. The summed E-state index contributed by atoms with van der Waals surface area (Å²) in [5, 5.41) is 4.70. The van der Waals surface area contributed by atoms with Gasteiger partial charge in [-0.1, -0.05) is 72.8 Å². The lowest BCUT2D eigenvalue weighted by molar-refractivity contribution is -0.275. The van der Waals surface area contributed by atoms with Gasteiger partial charge in [-0.05, 0) is 62.4 Å². The number of hydrogen-bond donors (Lipinski definition) is 1. The molecule has 0 radical (unpaired) electrons. The maximum absolute atomic E-state index is 11.9. The summed E-state index contributed by atoms with van der Waals surface area (Å²) in [6.07, 6.45) is 1.24. The molecule has 2 atom stereocenters. The van der Waals surface area contributed by atoms with E-state index in [0.717, 1.165) is 25.0 Å². The van der Waals surface area contributed by atoms with Crippen molar-refractivity contribution in [3.05, 3.63) is 96.1 Å². The molecule has 204 valence electrons. The highest BCUT2D eigenvalue weighted by atomic mass is 32.2. The molecule has 38 heavy (non-hydrogen) atoms. The molecule has 0 aliphatic carbocycles. The normalized spacial score (nSPS) is 21.6. The number of nitrogens with zero attached hydrogens (tertiary/aromatic N) is 1. The molecule has 0 spiro atoms. The number of rotatable bonds is 6. The zero-order chi connectivity index (χ0) is 27.4. The lowest BCUT2D eigenvalue weighted by atomic mass is 9.97. The fourth-order valence-electron chi connectivity index (χ4n) is 5.25. The van der Waals surface area contributed by atoms with E-state index in [4.69, 9.17) is 9.88 Å². The minimum Gasteiger partial charge on any atom is -0.404 e. The first kappa shape index (κ1) is 28.1. The van der Waals surface area contributed by atoms with Gasteiger partial charge in [0.15, 0.2) is 0 Å². The van der Waals surface area contributed by atoms with Crippen molar-refractivity contribution in [3.8, 4) is 5.75 Å². The fourth-order valence-corrected chi connectivity index (χ4v) is 5.91. The van der Waals surface area contributed by atoms with Gasteiger partial charge in [-0.15, -0.1) is 13.2 Å². The van der Waals surface area contributed by atoms with Crippen molar-refractivity contribution in [2.24, 2.45) is 5.14 Å². The van der Waals surface area contributed by atoms with Crippen LogP contribution in [0, 0.1) is 0 Å². The topological polar surface area (TPSA) is 81.9 Å². The number of alkyl halides is 3. The Bertz CT molecular complexity index is 1260. The average molecular weight is 549 g/mol. The van der Waals surface area contributed by atoms with Crippen molar-refractivity contribution in [1.29, 1.82) is 0 Å². The maximum atomic E-state index is 11.9. The van der Waals surface area contributed by atoms with E-state index in [1.54, 1.807) is 0 Å². The maximum Gasteiger partial charge on any atom is 0.573 e. The second-order valence-corrected chi connectivity index (χ2v) is 11.0. The predicted octanol–water partition coefficient (Wildman–Crippen LogP) is 6.00. The Morgan fingerprint density at radius 3 is 2.00 bits per heavy atom. The van der Waals surface area contributed by atoms with Crippen molar-refractivity contribution < 1.29 is 31.1 Å². The summed E-state index contributed by atoms with van der Waals surface area (Å²) >= 11 is 0. The predicted molar refractivity (Wildman–Crippen MR) is 138 cm³/mol. The molecule has 5 rings (SSSR count). The van der Waals surface area contributed by atoms with Crippen molar-refractivity contribution in [2.75, 3.05) is 7.05 Å². The number of fused-ring (bicyclic) bond motifs is 2. The number of hydrogen-bond acceptors (Lipinski definition) is 5. The minimum atomic E-state index is -4.96. The number of ether oxygens (including phenoxy) is 2. The standard InChI is InChI=1S/C21H25NO.C7H6F3NO3S/c1-22-19-13-8-15-21(22,16-14-19)23-20(17-9-4-2-5-10-17)18-11-6-3-7-12-18;8-7(9,10)14-5-3-1-2-4-6(5)15(11,12)13/h2-7,9-12,19-20H,8,13-16H2,1H3;1-4H,(H2,11,12,13)/t19-,21-;/m1./s1. The number of halogens is 3. The second kappa shape index (κ2) is 11.4. The van der Waals surface area contributed by atoms with Gasteiger partial charge in [0.25, 0.3) is 0 Å². The van der Waals surface area contributed by atoms with Crippen LogP contribution in [0.4, 0.5) is 13.2 Å². The first-order valence-corrected chi connectivity index (χ1v) is 13.9. The van der Waals surface area contributed by atoms with Crippen molar-refractivity contribution in [1.82, 2.24) is 4.90 Å². The van der Waals surface area contributed by atoms with E-state index >= 15 is 0 Å². The zero-order valence-corrected chi connectivity index (χ0v) is 21.8. The Labute approximate surface area is 221 Å². The number of nitrogens with two attached hydrogens (primary N) is 1. The van der Waals surface area contributed by atoms with Gasteiger partial charge in [0, 0.05) is 6.04 Å². The first-order valence-electron chi connectivity index (χ1n) is 12.4. The van der Waals surface area contributed by atoms with Crippen LogP contribution in [0.25, 0.3) is 0 Å². The molecule has 2 aliphatic heterocycles. The molecule has 0 saturated carbocycles. The van der Waals surface area contributed by atoms with Gasteiger partial charge in [-0.3, -0.25) is 4.90 Å². The summed E-state index contributed by atoms with van der Waals surface area (Å²) in [5.41, 5.74) is 2.41. The number of primary sulfonamides is 1. The molecule has 2 saturated heterocycles. The molecule has 2 bridgehead atoms. The Morgan fingerprint density at radius 1 is 0.895 bits per heavy atom. The molecule has 0 aromatic heterocycles. The van der Waals surface area contributed by atoms with Gasteiger partial charge in [-0.2, -0.15) is 0 Å². The van der Waals surface area contributed by atoms with Gasteiger partial charge in [-0.25, -0.2) is 13.6 Å². The van der Waals surface area contributed by atoms with Crippen molar-refractivity contribution in [3.63, 3.8) is 0 Å². The largest absolute Gasteiger partial charge is 0.573 e. The molecule has 10 heteroatoms. The summed E-state index contributed by atoms with van der Waals surface area (Å²) in [5.74, 6) is -0.840. The van der Waals surface area contributed by atoms with E-state index in [0.29, 0.717) is 6.04 Å². The highest BCUT2D eigenvalue weighted by molar-refractivity contribution is 7.89. The van der Waals surface area contributed by atoms with Crippen LogP contribution in [0.1, 0.15) is 49.3 Å². The molecule has 2 heterocycles. The molecule has 3 aromatic rings. The first-order chi connectivity index (χ1) is 18.0. The second-order valence-electron chi connectivity index (χ2n) is 9.50. The van der Waals surface area contributed by atoms with Gasteiger partial charge >= 0.3 is 6.36 Å². The summed E-state index contributed by atoms with van der Waals surface area (Å²) in [6, 6.07) is 26.2. The van der Waals surface area contributed by atoms with E-state index in [1.165, 1.54) is 42.5 Å². The van der Waals surface area contributed by atoms with Gasteiger partial charge in [0.05, 0.1) is 0 Å². The van der Waals surface area contributed by atoms with Gasteiger partial charge in [0.1, 0.15) is 22.5 Å². The van der Waals surface area contributed by atoms with E-state index in [-0.39, 0.29) is 11.8 Å². The zero-order valence-electron chi connectivity index (χ0n) is 21.0. The Hall–Kier alpha value is -2.92. The molecular formula is C28H31F3N2O4S. The number of para-hydroxylation sites is 1. The van der Waals surface area contributed by atoms with Crippen LogP contribution in [0.15, 0.2) is 89.8 Å². The van der Waals surface area contributed by atoms with Crippen LogP contribution < -0.4 is 9.88 Å². The molecule has 3 aromatic carbocycles. The number of sulfonamides is 1. The van der Waals surface area contributed by atoms with Crippen LogP contribution in [0.5, 0.6) is 5.75 Å². The van der Waals surface area contributed by atoms with Crippen LogP contribution >= 0.6 is 0 Å². The third-order valence-electron chi connectivity index (χ3n) is 7.09. The van der Waals surface area contributed by atoms with E-state index < -0.39 is 27.0 Å². The molecule has 0 unspecified atom stereocenters. The minimum absolute atomic E-state index is 0.0108. The molecule has 2 aliphatic rings. The summed E-state index contributed by atoms with van der Waals surface area (Å²) in [7, 11) is -1.98. The van der Waals surface area contributed by atoms with E-state index in [9.17, 15) is 21.6 Å². The molecular weight excluding hydrogens is 517 g/mol.